The fraction of sp³-hybridized carbons (Fsp3) is 0.625. The molecule has 7 heteroatoms. The van der Waals surface area contributed by atoms with Gasteiger partial charge in [-0.2, -0.15) is 23.7 Å². The third-order valence-corrected chi connectivity index (χ3v) is 2.20. The van der Waals surface area contributed by atoms with Gasteiger partial charge in [-0.25, -0.2) is 0 Å². The molecule has 0 rings (SSSR count). The zero-order valence-corrected chi connectivity index (χ0v) is 7.67. The first-order valence-corrected chi connectivity index (χ1v) is 3.87. The lowest BCUT2D eigenvalue weighted by Gasteiger charge is -2.30. The molecule has 1 atom stereocenters. The minimum atomic E-state index is -5.14. The van der Waals surface area contributed by atoms with Crippen molar-refractivity contribution in [3.8, 4) is 12.1 Å². The fourth-order valence-corrected chi connectivity index (χ4v) is 1.21. The number of carbonyl (C=O) groups is 1. The maximum Gasteiger partial charge on any atom is 0.407 e. The van der Waals surface area contributed by atoms with Crippen molar-refractivity contribution < 1.29 is 23.1 Å². The quantitative estimate of drug-likeness (QED) is 0.784. The van der Waals surface area contributed by atoms with Gasteiger partial charge in [-0.3, -0.25) is 4.79 Å². The Morgan fingerprint density at radius 3 is 1.87 bits per heavy atom. The Morgan fingerprint density at radius 2 is 1.80 bits per heavy atom. The first-order valence-electron chi connectivity index (χ1n) is 3.87. The highest BCUT2D eigenvalue weighted by Gasteiger charge is 2.64. The first kappa shape index (κ1) is 13.2. The predicted octanol–water partition coefficient (Wildman–Crippen LogP) is 1.69. The van der Waals surface area contributed by atoms with E-state index in [0.717, 1.165) is 19.1 Å². The first-order chi connectivity index (χ1) is 6.77. The SMILES string of the molecule is CCC(C(=O)O)(C(C#N)C#N)C(F)(F)F. The third-order valence-electron chi connectivity index (χ3n) is 2.20. The summed E-state index contributed by atoms with van der Waals surface area (Å²) < 4.78 is 37.7. The van der Waals surface area contributed by atoms with Crippen LogP contribution >= 0.6 is 0 Å². The van der Waals surface area contributed by atoms with Crippen molar-refractivity contribution in [3.05, 3.63) is 0 Å². The summed E-state index contributed by atoms with van der Waals surface area (Å²) >= 11 is 0. The van der Waals surface area contributed by atoms with Gasteiger partial charge in [-0.05, 0) is 6.42 Å². The summed E-state index contributed by atoms with van der Waals surface area (Å²) in [6.07, 6.45) is -6.00. The molecular formula is C8H7F3N2O2. The van der Waals surface area contributed by atoms with Gasteiger partial charge >= 0.3 is 12.1 Å². The van der Waals surface area contributed by atoms with E-state index in [1.54, 1.807) is 0 Å². The topological polar surface area (TPSA) is 84.9 Å². The van der Waals surface area contributed by atoms with E-state index in [4.69, 9.17) is 15.6 Å². The fourth-order valence-electron chi connectivity index (χ4n) is 1.21. The summed E-state index contributed by atoms with van der Waals surface area (Å²) in [6, 6.07) is 2.14. The van der Waals surface area contributed by atoms with Crippen LogP contribution in [0.15, 0.2) is 0 Å². The zero-order chi connectivity index (χ0) is 12.3. The summed E-state index contributed by atoms with van der Waals surface area (Å²) in [5.74, 6) is -4.45. The lowest BCUT2D eigenvalue weighted by Crippen LogP contribution is -2.49. The number of alkyl halides is 3. The molecule has 0 aliphatic heterocycles. The van der Waals surface area contributed by atoms with Gasteiger partial charge in [-0.1, -0.05) is 6.92 Å². The van der Waals surface area contributed by atoms with Gasteiger partial charge in [0.1, 0.15) is 0 Å². The second kappa shape index (κ2) is 4.18. The smallest absolute Gasteiger partial charge is 0.407 e. The van der Waals surface area contributed by atoms with Crippen LogP contribution < -0.4 is 0 Å². The second-order valence-corrected chi connectivity index (χ2v) is 2.82. The highest BCUT2D eigenvalue weighted by molar-refractivity contribution is 5.77. The van der Waals surface area contributed by atoms with E-state index in [1.165, 1.54) is 0 Å². The minimum absolute atomic E-state index is 0.863. The molecule has 0 aliphatic carbocycles. The molecule has 0 spiro atoms. The molecule has 1 N–H and O–H groups in total. The highest BCUT2D eigenvalue weighted by Crippen LogP contribution is 2.46. The lowest BCUT2D eigenvalue weighted by atomic mass is 9.73. The van der Waals surface area contributed by atoms with Crippen LogP contribution in [0.2, 0.25) is 0 Å². The van der Waals surface area contributed by atoms with Crippen molar-refractivity contribution in [1.82, 2.24) is 0 Å². The average molecular weight is 220 g/mol. The standard InChI is InChI=1S/C8H7F3N2O2/c1-2-7(6(14)15,8(9,10)11)5(3-12)4-13/h5H,2H2,1H3,(H,14,15). The van der Waals surface area contributed by atoms with Crippen molar-refractivity contribution in [2.45, 2.75) is 19.5 Å². The Labute approximate surface area is 83.5 Å². The summed E-state index contributed by atoms with van der Waals surface area (Å²) in [6.45, 7) is 0.975. The van der Waals surface area contributed by atoms with Gasteiger partial charge in [0.05, 0.1) is 12.1 Å². The molecule has 0 saturated heterocycles. The molecular weight excluding hydrogens is 213 g/mol. The Bertz CT molecular complexity index is 325. The van der Waals surface area contributed by atoms with Gasteiger partial charge in [-0.15, -0.1) is 0 Å². The van der Waals surface area contributed by atoms with Crippen LogP contribution in [-0.2, 0) is 4.79 Å². The van der Waals surface area contributed by atoms with Crippen molar-refractivity contribution in [2.24, 2.45) is 11.3 Å². The molecule has 0 fully saturated rings. The maximum absolute atomic E-state index is 12.6. The predicted molar refractivity (Wildman–Crippen MR) is 41.1 cm³/mol. The summed E-state index contributed by atoms with van der Waals surface area (Å²) in [5.41, 5.74) is -3.31. The lowest BCUT2D eigenvalue weighted by molar-refractivity contribution is -0.238. The van der Waals surface area contributed by atoms with Gasteiger partial charge < -0.3 is 5.11 Å². The number of carboxylic acid groups (broad SMARTS) is 1. The van der Waals surface area contributed by atoms with E-state index in [9.17, 15) is 18.0 Å². The van der Waals surface area contributed by atoms with Crippen molar-refractivity contribution >= 4 is 5.97 Å². The molecule has 0 aliphatic rings. The van der Waals surface area contributed by atoms with Gasteiger partial charge in [0, 0.05) is 0 Å². The molecule has 0 aromatic heterocycles. The van der Waals surface area contributed by atoms with Crippen LogP contribution in [0.4, 0.5) is 13.2 Å². The second-order valence-electron chi connectivity index (χ2n) is 2.82. The van der Waals surface area contributed by atoms with E-state index >= 15 is 0 Å². The molecule has 0 radical (unpaired) electrons. The Balaban J connectivity index is 5.71. The van der Waals surface area contributed by atoms with Crippen molar-refractivity contribution in [1.29, 1.82) is 10.5 Å². The zero-order valence-electron chi connectivity index (χ0n) is 7.67. The summed E-state index contributed by atoms with van der Waals surface area (Å²) in [5, 5.41) is 25.3. The number of hydrogen-bond acceptors (Lipinski definition) is 3. The summed E-state index contributed by atoms with van der Waals surface area (Å²) in [7, 11) is 0. The third kappa shape index (κ3) is 1.86. The van der Waals surface area contributed by atoms with E-state index in [0.29, 0.717) is 0 Å². The minimum Gasteiger partial charge on any atom is -0.481 e. The molecule has 4 nitrogen and oxygen atoms in total. The van der Waals surface area contributed by atoms with E-state index in [1.807, 2.05) is 0 Å². The Morgan fingerprint density at radius 1 is 1.40 bits per heavy atom. The van der Waals surface area contributed by atoms with Gasteiger partial charge in [0.15, 0.2) is 11.3 Å². The van der Waals surface area contributed by atoms with Crippen LogP contribution in [0, 0.1) is 34.0 Å². The molecule has 15 heavy (non-hydrogen) atoms. The number of hydrogen-bond donors (Lipinski definition) is 1. The monoisotopic (exact) mass is 220 g/mol. The molecule has 0 aromatic carbocycles. The number of rotatable bonds is 3. The molecule has 0 aromatic rings. The van der Waals surface area contributed by atoms with Crippen molar-refractivity contribution in [3.63, 3.8) is 0 Å². The molecule has 0 amide bonds. The molecule has 0 heterocycles. The van der Waals surface area contributed by atoms with Crippen LogP contribution in [0.1, 0.15) is 13.3 Å². The van der Waals surface area contributed by atoms with Gasteiger partial charge in [0.25, 0.3) is 0 Å². The van der Waals surface area contributed by atoms with E-state index < -0.39 is 29.9 Å². The Hall–Kier alpha value is -1.76. The number of halogens is 3. The van der Waals surface area contributed by atoms with Crippen LogP contribution in [0.5, 0.6) is 0 Å². The largest absolute Gasteiger partial charge is 0.481 e. The van der Waals surface area contributed by atoms with E-state index in [-0.39, 0.29) is 0 Å². The number of aliphatic carboxylic acids is 1. The average Bonchev–Trinajstić information content (AvgIpc) is 2.10. The van der Waals surface area contributed by atoms with E-state index in [2.05, 4.69) is 0 Å². The van der Waals surface area contributed by atoms with Gasteiger partial charge in [0.2, 0.25) is 0 Å². The van der Waals surface area contributed by atoms with Crippen LogP contribution in [0.3, 0.4) is 0 Å². The molecule has 82 valence electrons. The Kier molecular flexibility index (Phi) is 3.69. The number of carboxylic acids is 1. The molecule has 1 unspecified atom stereocenters. The van der Waals surface area contributed by atoms with Crippen LogP contribution in [-0.4, -0.2) is 17.3 Å². The summed E-state index contributed by atoms with van der Waals surface area (Å²) in [4.78, 5) is 10.6. The number of nitriles is 2. The molecule has 0 bridgehead atoms. The maximum atomic E-state index is 12.6. The van der Waals surface area contributed by atoms with Crippen LogP contribution in [0.25, 0.3) is 0 Å². The normalized spacial score (nSPS) is 15.1. The molecule has 0 saturated carbocycles. The van der Waals surface area contributed by atoms with Crippen molar-refractivity contribution in [2.75, 3.05) is 0 Å². The number of nitrogens with zero attached hydrogens (tertiary/aromatic N) is 2. The highest BCUT2D eigenvalue weighted by atomic mass is 19.4.